The van der Waals surface area contributed by atoms with Crippen molar-refractivity contribution in [1.29, 1.82) is 0 Å². The van der Waals surface area contributed by atoms with Crippen molar-refractivity contribution in [2.45, 2.75) is 27.7 Å². The molecule has 5 aromatic carbocycles. The van der Waals surface area contributed by atoms with Gasteiger partial charge in [0.15, 0.2) is 17.5 Å². The van der Waals surface area contributed by atoms with Crippen LogP contribution < -0.4 is 0 Å². The van der Waals surface area contributed by atoms with Crippen LogP contribution in [-0.4, -0.2) is 19.5 Å². The van der Waals surface area contributed by atoms with Crippen LogP contribution in [0.4, 0.5) is 0 Å². The first kappa shape index (κ1) is 24.9. The minimum Gasteiger partial charge on any atom is -0.309 e. The molecular weight excluding hydrogens is 500 g/mol. The van der Waals surface area contributed by atoms with Gasteiger partial charge >= 0.3 is 0 Å². The van der Waals surface area contributed by atoms with Crippen molar-refractivity contribution in [2.75, 3.05) is 0 Å². The molecule has 7 rings (SSSR count). The fraction of sp³-hybridized carbons (Fsp3) is 0.108. The first-order valence-corrected chi connectivity index (χ1v) is 14.0. The van der Waals surface area contributed by atoms with Gasteiger partial charge in [0, 0.05) is 33.2 Å². The lowest BCUT2D eigenvalue weighted by atomic mass is 10.0. The first-order valence-electron chi connectivity index (χ1n) is 14.0. The van der Waals surface area contributed by atoms with Gasteiger partial charge in [0.25, 0.3) is 0 Å². The summed E-state index contributed by atoms with van der Waals surface area (Å²) >= 11 is 0. The van der Waals surface area contributed by atoms with E-state index in [9.17, 15) is 0 Å². The lowest BCUT2D eigenvalue weighted by Gasteiger charge is -2.16. The summed E-state index contributed by atoms with van der Waals surface area (Å²) in [4.78, 5) is 14.9. The quantitative estimate of drug-likeness (QED) is 0.228. The predicted octanol–water partition coefficient (Wildman–Crippen LogP) is 9.20. The van der Waals surface area contributed by atoms with Crippen LogP contribution in [0, 0.1) is 27.7 Å². The van der Waals surface area contributed by atoms with E-state index in [4.69, 9.17) is 15.0 Å². The standard InChI is InChI=1S/C37H30N4/c1-23-15-17-32-30(19-23)31-20-24(2)16-18-33(31)41(32)29-21-25(3)34(26(4)22-29)37-39-35(27-11-7-5-8-12-27)38-36(40-37)28-13-9-6-10-14-28/h5-22H,1-4H3. The van der Waals surface area contributed by atoms with Gasteiger partial charge in [-0.15, -0.1) is 0 Å². The molecular formula is C37H30N4. The summed E-state index contributed by atoms with van der Waals surface area (Å²) in [6.07, 6.45) is 0. The van der Waals surface area contributed by atoms with Gasteiger partial charge in [-0.3, -0.25) is 0 Å². The number of hydrogen-bond donors (Lipinski definition) is 0. The van der Waals surface area contributed by atoms with Gasteiger partial charge in [0.2, 0.25) is 0 Å². The minimum absolute atomic E-state index is 0.672. The van der Waals surface area contributed by atoms with E-state index >= 15 is 0 Å². The number of aryl methyl sites for hydroxylation is 4. The Labute approximate surface area is 240 Å². The van der Waals surface area contributed by atoms with Crippen LogP contribution in [0.2, 0.25) is 0 Å². The molecule has 198 valence electrons. The summed E-state index contributed by atoms with van der Waals surface area (Å²) in [5, 5.41) is 2.56. The van der Waals surface area contributed by atoms with Gasteiger partial charge in [-0.25, -0.2) is 15.0 Å². The summed E-state index contributed by atoms with van der Waals surface area (Å²) in [5.74, 6) is 2.03. The molecule has 4 heteroatoms. The molecule has 0 saturated heterocycles. The zero-order valence-corrected chi connectivity index (χ0v) is 23.7. The largest absolute Gasteiger partial charge is 0.309 e. The van der Waals surface area contributed by atoms with Gasteiger partial charge in [-0.05, 0) is 75.2 Å². The highest BCUT2D eigenvalue weighted by Gasteiger charge is 2.18. The summed E-state index contributed by atoms with van der Waals surface area (Å²) in [6, 6.07) is 38.2. The predicted molar refractivity (Wildman–Crippen MR) is 169 cm³/mol. The highest BCUT2D eigenvalue weighted by Crippen LogP contribution is 2.36. The van der Waals surface area contributed by atoms with Crippen molar-refractivity contribution in [3.05, 3.63) is 131 Å². The number of fused-ring (bicyclic) bond motifs is 3. The molecule has 0 radical (unpaired) electrons. The molecule has 0 amide bonds. The Morgan fingerprint density at radius 2 is 0.902 bits per heavy atom. The summed E-state index contributed by atoms with van der Waals surface area (Å²) in [6.45, 7) is 8.62. The fourth-order valence-electron chi connectivity index (χ4n) is 5.87. The van der Waals surface area contributed by atoms with Crippen LogP contribution in [0.5, 0.6) is 0 Å². The van der Waals surface area contributed by atoms with Crippen molar-refractivity contribution in [2.24, 2.45) is 0 Å². The van der Waals surface area contributed by atoms with E-state index in [1.54, 1.807) is 0 Å². The molecule has 41 heavy (non-hydrogen) atoms. The van der Waals surface area contributed by atoms with Gasteiger partial charge in [0.05, 0.1) is 11.0 Å². The van der Waals surface area contributed by atoms with Gasteiger partial charge < -0.3 is 4.57 Å². The highest BCUT2D eigenvalue weighted by atomic mass is 15.0. The second-order valence-electron chi connectivity index (χ2n) is 10.9. The fourth-order valence-corrected chi connectivity index (χ4v) is 5.87. The second kappa shape index (κ2) is 9.83. The smallest absolute Gasteiger partial charge is 0.164 e. The van der Waals surface area contributed by atoms with Gasteiger partial charge in [-0.1, -0.05) is 83.9 Å². The van der Waals surface area contributed by atoms with Crippen molar-refractivity contribution in [3.8, 4) is 39.9 Å². The Kier molecular flexibility index (Phi) is 5.97. The first-order chi connectivity index (χ1) is 20.0. The van der Waals surface area contributed by atoms with E-state index in [1.165, 1.54) is 32.9 Å². The SMILES string of the molecule is Cc1ccc2c(c1)c1cc(C)ccc1n2-c1cc(C)c(-c2nc(-c3ccccc3)nc(-c3ccccc3)n2)c(C)c1. The van der Waals surface area contributed by atoms with Crippen molar-refractivity contribution in [1.82, 2.24) is 19.5 Å². The maximum atomic E-state index is 5.00. The molecule has 0 bridgehead atoms. The van der Waals surface area contributed by atoms with Crippen molar-refractivity contribution < 1.29 is 0 Å². The zero-order valence-electron chi connectivity index (χ0n) is 23.7. The summed E-state index contributed by atoms with van der Waals surface area (Å²) in [5.41, 5.74) is 11.3. The van der Waals surface area contributed by atoms with Crippen LogP contribution in [0.1, 0.15) is 22.3 Å². The van der Waals surface area contributed by atoms with E-state index < -0.39 is 0 Å². The van der Waals surface area contributed by atoms with Crippen LogP contribution in [-0.2, 0) is 0 Å². The number of aromatic nitrogens is 4. The third kappa shape index (κ3) is 4.38. The molecule has 0 spiro atoms. The number of nitrogens with zero attached hydrogens (tertiary/aromatic N) is 4. The minimum atomic E-state index is 0.672. The molecule has 7 aromatic rings. The lowest BCUT2D eigenvalue weighted by Crippen LogP contribution is -2.03. The monoisotopic (exact) mass is 530 g/mol. The van der Waals surface area contributed by atoms with E-state index in [0.29, 0.717) is 17.5 Å². The van der Waals surface area contributed by atoms with Crippen molar-refractivity contribution >= 4 is 21.8 Å². The topological polar surface area (TPSA) is 43.6 Å². The second-order valence-corrected chi connectivity index (χ2v) is 10.9. The molecule has 0 aliphatic rings. The Morgan fingerprint density at radius 3 is 1.37 bits per heavy atom. The average molecular weight is 531 g/mol. The molecule has 0 N–H and O–H groups in total. The Morgan fingerprint density at radius 1 is 0.463 bits per heavy atom. The van der Waals surface area contributed by atoms with Crippen LogP contribution in [0.25, 0.3) is 61.7 Å². The lowest BCUT2D eigenvalue weighted by molar-refractivity contribution is 1.06. The number of rotatable bonds is 4. The third-order valence-corrected chi connectivity index (χ3v) is 7.77. The zero-order chi connectivity index (χ0) is 28.1. The maximum Gasteiger partial charge on any atom is 0.164 e. The van der Waals surface area contributed by atoms with Crippen LogP contribution in [0.3, 0.4) is 0 Å². The molecule has 2 aromatic heterocycles. The molecule has 4 nitrogen and oxygen atoms in total. The summed E-state index contributed by atoms with van der Waals surface area (Å²) < 4.78 is 2.38. The molecule has 0 aliphatic carbocycles. The highest BCUT2D eigenvalue weighted by molar-refractivity contribution is 6.09. The van der Waals surface area contributed by atoms with E-state index in [2.05, 4.69) is 80.8 Å². The number of hydrogen-bond acceptors (Lipinski definition) is 3. The molecule has 0 aliphatic heterocycles. The molecule has 0 unspecified atom stereocenters. The average Bonchev–Trinajstić information content (AvgIpc) is 3.30. The maximum absolute atomic E-state index is 5.00. The molecule has 0 atom stereocenters. The Balaban J connectivity index is 1.44. The van der Waals surface area contributed by atoms with E-state index in [-0.39, 0.29) is 0 Å². The van der Waals surface area contributed by atoms with E-state index in [1.807, 2.05) is 60.7 Å². The van der Waals surface area contributed by atoms with Gasteiger partial charge in [0.1, 0.15) is 0 Å². The normalized spacial score (nSPS) is 11.4. The van der Waals surface area contributed by atoms with E-state index in [0.717, 1.165) is 33.5 Å². The molecule has 2 heterocycles. The molecule has 0 saturated carbocycles. The summed E-state index contributed by atoms with van der Waals surface area (Å²) in [7, 11) is 0. The Bertz CT molecular complexity index is 1930. The Hall–Kier alpha value is -5.09. The van der Waals surface area contributed by atoms with Crippen molar-refractivity contribution in [3.63, 3.8) is 0 Å². The van der Waals surface area contributed by atoms with Crippen LogP contribution in [0.15, 0.2) is 109 Å². The van der Waals surface area contributed by atoms with Crippen LogP contribution >= 0.6 is 0 Å². The molecule has 0 fully saturated rings. The van der Waals surface area contributed by atoms with Gasteiger partial charge in [-0.2, -0.15) is 0 Å². The number of benzene rings is 5. The third-order valence-electron chi connectivity index (χ3n) is 7.77.